The van der Waals surface area contributed by atoms with E-state index in [4.69, 9.17) is 0 Å². The van der Waals surface area contributed by atoms with E-state index in [1.54, 1.807) is 0 Å². The predicted molar refractivity (Wildman–Crippen MR) is 42.5 cm³/mol. The van der Waals surface area contributed by atoms with Gasteiger partial charge in [0.1, 0.15) is 0 Å². The standard InChI is InChI=1S/C8H8Br/c1-6-4-3-5-8(9)7(6)2/h3-4H,1-2H3. The van der Waals surface area contributed by atoms with Gasteiger partial charge in [0.2, 0.25) is 0 Å². The topological polar surface area (TPSA) is 0 Å². The Morgan fingerprint density at radius 2 is 2.11 bits per heavy atom. The van der Waals surface area contributed by atoms with Crippen molar-refractivity contribution < 1.29 is 0 Å². The third kappa shape index (κ3) is 1.33. The van der Waals surface area contributed by atoms with Gasteiger partial charge in [-0.3, -0.25) is 0 Å². The van der Waals surface area contributed by atoms with Gasteiger partial charge >= 0.3 is 0 Å². The molecule has 9 heavy (non-hydrogen) atoms. The van der Waals surface area contributed by atoms with Gasteiger partial charge in [-0.1, -0.05) is 12.1 Å². The molecule has 1 aromatic rings. The summed E-state index contributed by atoms with van der Waals surface area (Å²) in [6, 6.07) is 7.04. The molecule has 0 atom stereocenters. The van der Waals surface area contributed by atoms with Crippen molar-refractivity contribution in [2.75, 3.05) is 0 Å². The molecule has 0 fully saturated rings. The lowest BCUT2D eigenvalue weighted by molar-refractivity contribution is 1.31. The van der Waals surface area contributed by atoms with E-state index in [2.05, 4.69) is 41.9 Å². The number of halogens is 1. The van der Waals surface area contributed by atoms with Crippen molar-refractivity contribution >= 4 is 15.9 Å². The minimum atomic E-state index is 1.07. The maximum atomic E-state index is 3.39. The number of rotatable bonds is 0. The minimum Gasteiger partial charge on any atom is -0.0584 e. The molecule has 1 radical (unpaired) electrons. The van der Waals surface area contributed by atoms with Gasteiger partial charge in [0.05, 0.1) is 0 Å². The molecule has 0 amide bonds. The fourth-order valence-electron chi connectivity index (χ4n) is 0.646. The van der Waals surface area contributed by atoms with Crippen LogP contribution in [0.1, 0.15) is 11.1 Å². The zero-order chi connectivity index (χ0) is 6.85. The van der Waals surface area contributed by atoms with E-state index in [0.29, 0.717) is 0 Å². The molecule has 0 heterocycles. The van der Waals surface area contributed by atoms with E-state index in [1.165, 1.54) is 11.1 Å². The molecule has 0 saturated heterocycles. The Bertz CT molecular complexity index is 196. The summed E-state index contributed by atoms with van der Waals surface area (Å²) < 4.78 is 1.07. The first-order valence-electron chi connectivity index (χ1n) is 2.85. The molecular weight excluding hydrogens is 176 g/mol. The molecule has 0 aliphatic carbocycles. The van der Waals surface area contributed by atoms with E-state index in [0.717, 1.165) is 4.47 Å². The van der Waals surface area contributed by atoms with Gasteiger partial charge in [-0.2, -0.15) is 0 Å². The summed E-state index contributed by atoms with van der Waals surface area (Å²) in [7, 11) is 0. The Balaban J connectivity index is 3.25. The van der Waals surface area contributed by atoms with Crippen LogP contribution in [-0.2, 0) is 0 Å². The summed E-state index contributed by atoms with van der Waals surface area (Å²) >= 11 is 3.39. The quantitative estimate of drug-likeness (QED) is 0.581. The van der Waals surface area contributed by atoms with E-state index < -0.39 is 0 Å². The van der Waals surface area contributed by atoms with Gasteiger partial charge in [-0.15, -0.1) is 0 Å². The van der Waals surface area contributed by atoms with Crippen LogP contribution >= 0.6 is 15.9 Å². The van der Waals surface area contributed by atoms with Crippen LogP contribution < -0.4 is 0 Å². The second-order valence-corrected chi connectivity index (χ2v) is 2.89. The monoisotopic (exact) mass is 183 g/mol. The van der Waals surface area contributed by atoms with Crippen molar-refractivity contribution in [3.8, 4) is 0 Å². The van der Waals surface area contributed by atoms with Crippen LogP contribution in [0.15, 0.2) is 16.6 Å². The van der Waals surface area contributed by atoms with Gasteiger partial charge in [0.25, 0.3) is 0 Å². The third-order valence-corrected chi connectivity index (χ3v) is 2.29. The highest BCUT2D eigenvalue weighted by Gasteiger charge is 1.94. The second kappa shape index (κ2) is 2.53. The van der Waals surface area contributed by atoms with Gasteiger partial charge in [-0.05, 0) is 47.0 Å². The van der Waals surface area contributed by atoms with Crippen LogP contribution in [0.5, 0.6) is 0 Å². The number of hydrogen-bond acceptors (Lipinski definition) is 0. The minimum absolute atomic E-state index is 1.07. The third-order valence-electron chi connectivity index (χ3n) is 1.46. The molecule has 0 aliphatic rings. The molecule has 0 N–H and O–H groups in total. The summed E-state index contributed by atoms with van der Waals surface area (Å²) in [6.45, 7) is 4.17. The highest BCUT2D eigenvalue weighted by Crippen LogP contribution is 2.17. The van der Waals surface area contributed by atoms with Crippen LogP contribution in [0.3, 0.4) is 0 Å². The fraction of sp³-hybridized carbons (Fsp3) is 0.250. The van der Waals surface area contributed by atoms with Crippen LogP contribution in [0.4, 0.5) is 0 Å². The average molecular weight is 184 g/mol. The smallest absolute Gasteiger partial charge is 0.0285 e. The van der Waals surface area contributed by atoms with Crippen molar-refractivity contribution in [1.82, 2.24) is 0 Å². The molecule has 1 rings (SSSR count). The normalized spacial score (nSPS) is 9.67. The lowest BCUT2D eigenvalue weighted by atomic mass is 10.1. The van der Waals surface area contributed by atoms with Crippen molar-refractivity contribution in [2.24, 2.45) is 0 Å². The first kappa shape index (κ1) is 6.81. The number of hydrogen-bond donors (Lipinski definition) is 0. The Morgan fingerprint density at radius 1 is 1.44 bits per heavy atom. The molecule has 0 unspecified atom stereocenters. The Kier molecular flexibility index (Phi) is 1.91. The lowest BCUT2D eigenvalue weighted by Crippen LogP contribution is -1.79. The summed E-state index contributed by atoms with van der Waals surface area (Å²) in [4.78, 5) is 0. The van der Waals surface area contributed by atoms with Crippen molar-refractivity contribution in [3.05, 3.63) is 33.8 Å². The van der Waals surface area contributed by atoms with E-state index in [-0.39, 0.29) is 0 Å². The molecular formula is C8H8Br. The first-order valence-corrected chi connectivity index (χ1v) is 3.64. The zero-order valence-electron chi connectivity index (χ0n) is 5.53. The van der Waals surface area contributed by atoms with Gasteiger partial charge in [0, 0.05) is 4.47 Å². The van der Waals surface area contributed by atoms with Gasteiger partial charge in [-0.25, -0.2) is 0 Å². The zero-order valence-corrected chi connectivity index (χ0v) is 7.12. The van der Waals surface area contributed by atoms with Crippen LogP contribution in [-0.4, -0.2) is 0 Å². The first-order chi connectivity index (χ1) is 4.22. The Hall–Kier alpha value is -0.300. The summed E-state index contributed by atoms with van der Waals surface area (Å²) in [6.07, 6.45) is 0. The van der Waals surface area contributed by atoms with Gasteiger partial charge in [0.15, 0.2) is 0 Å². The van der Waals surface area contributed by atoms with Crippen LogP contribution in [0.2, 0.25) is 0 Å². The van der Waals surface area contributed by atoms with E-state index in [1.807, 2.05) is 6.07 Å². The largest absolute Gasteiger partial charge is 0.0584 e. The second-order valence-electron chi connectivity index (χ2n) is 2.10. The van der Waals surface area contributed by atoms with Crippen molar-refractivity contribution in [2.45, 2.75) is 13.8 Å². The molecule has 0 saturated carbocycles. The Morgan fingerprint density at radius 3 is 2.56 bits per heavy atom. The molecule has 0 bridgehead atoms. The highest BCUT2D eigenvalue weighted by molar-refractivity contribution is 9.10. The molecule has 0 spiro atoms. The Labute approximate surface area is 64.0 Å². The molecule has 0 nitrogen and oxygen atoms in total. The highest BCUT2D eigenvalue weighted by atomic mass is 79.9. The number of benzene rings is 1. The van der Waals surface area contributed by atoms with E-state index >= 15 is 0 Å². The molecule has 1 heteroatoms. The molecule has 0 aliphatic heterocycles. The summed E-state index contributed by atoms with van der Waals surface area (Å²) in [5.74, 6) is 0. The van der Waals surface area contributed by atoms with Crippen molar-refractivity contribution in [1.29, 1.82) is 0 Å². The average Bonchev–Trinajstić information content (AvgIpc) is 1.83. The van der Waals surface area contributed by atoms with Gasteiger partial charge < -0.3 is 0 Å². The lowest BCUT2D eigenvalue weighted by Gasteiger charge is -1.98. The fourth-order valence-corrected chi connectivity index (χ4v) is 1.09. The molecule has 47 valence electrons. The molecule has 1 aromatic carbocycles. The predicted octanol–water partition coefficient (Wildman–Crippen LogP) is 2.87. The molecule has 0 aromatic heterocycles. The van der Waals surface area contributed by atoms with Crippen LogP contribution in [0.25, 0.3) is 0 Å². The SMILES string of the molecule is Cc1cc[c]c(Br)c1C. The van der Waals surface area contributed by atoms with Crippen LogP contribution in [0, 0.1) is 19.9 Å². The number of aryl methyl sites for hydroxylation is 1. The summed E-state index contributed by atoms with van der Waals surface area (Å²) in [5, 5.41) is 0. The summed E-state index contributed by atoms with van der Waals surface area (Å²) in [5.41, 5.74) is 2.58. The van der Waals surface area contributed by atoms with E-state index in [9.17, 15) is 0 Å². The maximum absolute atomic E-state index is 3.39. The van der Waals surface area contributed by atoms with Crippen molar-refractivity contribution in [3.63, 3.8) is 0 Å². The maximum Gasteiger partial charge on any atom is 0.0285 e.